The Morgan fingerprint density at radius 2 is 0.625 bits per heavy atom. The van der Waals surface area contributed by atoms with E-state index in [4.69, 9.17) is 4.74 Å². The molecule has 0 bridgehead atoms. The van der Waals surface area contributed by atoms with E-state index in [0.717, 1.165) is 57.8 Å². The lowest BCUT2D eigenvalue weighted by molar-refractivity contribution is -0.143. The zero-order valence-corrected chi connectivity index (χ0v) is 53.6. The van der Waals surface area contributed by atoms with Crippen LogP contribution in [0.2, 0.25) is 0 Å². The Morgan fingerprint density at radius 3 is 0.963 bits per heavy atom. The van der Waals surface area contributed by atoms with Gasteiger partial charge in [0, 0.05) is 12.8 Å². The molecule has 1 amide bonds. The third kappa shape index (κ3) is 64.7. The van der Waals surface area contributed by atoms with Crippen LogP contribution in [0.3, 0.4) is 0 Å². The molecule has 0 saturated heterocycles. The zero-order chi connectivity index (χ0) is 57.8. The molecule has 0 aliphatic rings. The second kappa shape index (κ2) is 69.1. The first-order valence-electron chi connectivity index (χ1n) is 35.6. The molecule has 0 saturated carbocycles. The summed E-state index contributed by atoms with van der Waals surface area (Å²) in [4.78, 5) is 24.6. The van der Waals surface area contributed by atoms with E-state index in [1.54, 1.807) is 6.08 Å². The molecule has 0 aliphatic carbocycles. The molecule has 0 aromatic rings. The normalized spacial score (nSPS) is 12.9. The van der Waals surface area contributed by atoms with Crippen LogP contribution in [-0.2, 0) is 14.3 Å². The van der Waals surface area contributed by atoms with Crippen molar-refractivity contribution in [3.8, 4) is 0 Å². The number of allylic oxidation sites excluding steroid dienone is 9. The van der Waals surface area contributed by atoms with Crippen molar-refractivity contribution in [2.45, 2.75) is 386 Å². The van der Waals surface area contributed by atoms with E-state index < -0.39 is 12.1 Å². The van der Waals surface area contributed by atoms with E-state index in [-0.39, 0.29) is 18.5 Å². The predicted octanol–water partition coefficient (Wildman–Crippen LogP) is 23.0. The Hall–Kier alpha value is -2.44. The molecule has 468 valence electrons. The smallest absolute Gasteiger partial charge is 0.305 e. The van der Waals surface area contributed by atoms with Crippen LogP contribution in [0, 0.1) is 0 Å². The number of unbranched alkanes of at least 4 members (excludes halogenated alkanes) is 47. The number of nitrogens with one attached hydrogen (secondary N) is 1. The van der Waals surface area contributed by atoms with E-state index in [0.29, 0.717) is 19.4 Å². The lowest BCUT2D eigenvalue weighted by Gasteiger charge is -2.20. The molecule has 80 heavy (non-hydrogen) atoms. The third-order valence-corrected chi connectivity index (χ3v) is 16.3. The molecule has 0 rings (SSSR count). The minimum atomic E-state index is -0.845. The van der Waals surface area contributed by atoms with Crippen molar-refractivity contribution in [2.75, 3.05) is 13.2 Å². The molecule has 6 nitrogen and oxygen atoms in total. The molecule has 0 radical (unpaired) electrons. The fourth-order valence-corrected chi connectivity index (χ4v) is 10.8. The molecule has 3 N–H and O–H groups in total. The second-order valence-electron chi connectivity index (χ2n) is 24.2. The highest BCUT2D eigenvalue weighted by atomic mass is 16.5. The van der Waals surface area contributed by atoms with E-state index >= 15 is 0 Å². The number of rotatable bonds is 66. The van der Waals surface area contributed by atoms with Crippen LogP contribution in [0.1, 0.15) is 373 Å². The van der Waals surface area contributed by atoms with Gasteiger partial charge in [-0.2, -0.15) is 0 Å². The molecule has 0 spiro atoms. The van der Waals surface area contributed by atoms with Crippen LogP contribution in [0.4, 0.5) is 0 Å². The van der Waals surface area contributed by atoms with Gasteiger partial charge < -0.3 is 20.3 Å². The van der Waals surface area contributed by atoms with E-state index in [1.807, 2.05) is 6.08 Å². The number of aliphatic hydroxyl groups is 2. The molecular weight excluding hydrogens is 983 g/mol. The maximum absolute atomic E-state index is 12.5. The molecule has 6 heteroatoms. The van der Waals surface area contributed by atoms with Crippen molar-refractivity contribution in [1.29, 1.82) is 0 Å². The number of carbonyl (C=O) groups excluding carboxylic acids is 2. The first-order valence-corrected chi connectivity index (χ1v) is 35.6. The average molecular weight is 1120 g/mol. The summed E-state index contributed by atoms with van der Waals surface area (Å²) < 4.78 is 5.49. The standard InChI is InChI=1S/C74H137NO5/c1-3-5-7-9-11-13-15-17-19-38-42-46-50-54-58-62-66-72(77)71(70-76)75-73(78)67-63-59-55-51-47-43-39-36-34-32-30-28-26-24-22-21-23-25-27-29-31-33-35-37-41-45-49-53-57-61-65-69-80-74(79)68-64-60-56-52-48-44-40-20-18-16-14-12-10-8-6-4-2/h14,16,20,23,25,29,31,40,62,66,71-72,76-77H,3-13,15,17-19,21-22,24,26-28,30,32-39,41-61,63-65,67-70H2,1-2H3,(H,75,78)/b16-14-,25-23-,31-29-,40-20-,66-62+. The van der Waals surface area contributed by atoms with Gasteiger partial charge in [-0.05, 0) is 96.3 Å². The van der Waals surface area contributed by atoms with Crippen molar-refractivity contribution < 1.29 is 24.5 Å². The Labute approximate surface area is 499 Å². The highest BCUT2D eigenvalue weighted by Crippen LogP contribution is 2.18. The SMILES string of the molecule is CCCCCC/C=C\C/C=C\CCCCCCCC(=O)OCCCCCCCCCCC/C=C\C/C=C\CCCCCCCCCCCCCCCCCC(=O)NC(CO)C(O)/C=C/CCCCCCCCCCCCCCCC. The fourth-order valence-electron chi connectivity index (χ4n) is 10.8. The van der Waals surface area contributed by atoms with Crippen LogP contribution in [0.15, 0.2) is 60.8 Å². The molecular formula is C74H137NO5. The van der Waals surface area contributed by atoms with Gasteiger partial charge in [0.15, 0.2) is 0 Å². The van der Waals surface area contributed by atoms with Gasteiger partial charge in [0.25, 0.3) is 0 Å². The zero-order valence-electron chi connectivity index (χ0n) is 53.6. The monoisotopic (exact) mass is 1120 g/mol. The van der Waals surface area contributed by atoms with Gasteiger partial charge in [-0.1, -0.05) is 325 Å². The van der Waals surface area contributed by atoms with Gasteiger partial charge in [-0.3, -0.25) is 9.59 Å². The molecule has 0 fully saturated rings. The van der Waals surface area contributed by atoms with Crippen molar-refractivity contribution in [3.05, 3.63) is 60.8 Å². The van der Waals surface area contributed by atoms with Gasteiger partial charge in [0.2, 0.25) is 5.91 Å². The van der Waals surface area contributed by atoms with Gasteiger partial charge in [0.05, 0.1) is 25.4 Å². The van der Waals surface area contributed by atoms with Crippen molar-refractivity contribution in [1.82, 2.24) is 5.32 Å². The minimum absolute atomic E-state index is 0.000768. The fraction of sp³-hybridized carbons (Fsp3) is 0.838. The van der Waals surface area contributed by atoms with E-state index in [9.17, 15) is 19.8 Å². The summed E-state index contributed by atoms with van der Waals surface area (Å²) in [7, 11) is 0. The Bertz CT molecular complexity index is 1380. The van der Waals surface area contributed by atoms with Crippen molar-refractivity contribution in [3.63, 3.8) is 0 Å². The number of amides is 1. The molecule has 0 aromatic heterocycles. The average Bonchev–Trinajstić information content (AvgIpc) is 3.46. The third-order valence-electron chi connectivity index (χ3n) is 16.3. The molecule has 0 aliphatic heterocycles. The number of esters is 1. The van der Waals surface area contributed by atoms with E-state index in [2.05, 4.69) is 67.8 Å². The summed E-state index contributed by atoms with van der Waals surface area (Å²) in [6.07, 6.45) is 91.6. The topological polar surface area (TPSA) is 95.9 Å². The summed E-state index contributed by atoms with van der Waals surface area (Å²) in [6.45, 7) is 4.90. The summed E-state index contributed by atoms with van der Waals surface area (Å²) in [5, 5.41) is 23.2. The summed E-state index contributed by atoms with van der Waals surface area (Å²) in [5.41, 5.74) is 0. The molecule has 0 aromatic carbocycles. The molecule has 2 atom stereocenters. The molecule has 2 unspecified atom stereocenters. The lowest BCUT2D eigenvalue weighted by atomic mass is 10.0. The first kappa shape index (κ1) is 77.6. The first-order chi connectivity index (χ1) is 39.5. The maximum atomic E-state index is 12.5. The number of hydrogen-bond donors (Lipinski definition) is 3. The van der Waals surface area contributed by atoms with Crippen molar-refractivity contribution in [2.24, 2.45) is 0 Å². The van der Waals surface area contributed by atoms with Gasteiger partial charge in [0.1, 0.15) is 0 Å². The van der Waals surface area contributed by atoms with Crippen molar-refractivity contribution >= 4 is 11.9 Å². The van der Waals surface area contributed by atoms with Crippen LogP contribution in [-0.4, -0.2) is 47.4 Å². The quantitative estimate of drug-likeness (QED) is 0.0320. The van der Waals surface area contributed by atoms with E-state index in [1.165, 1.54) is 289 Å². The Balaban J connectivity index is 3.42. The number of ether oxygens (including phenoxy) is 1. The van der Waals surface area contributed by atoms with Crippen LogP contribution in [0.5, 0.6) is 0 Å². The minimum Gasteiger partial charge on any atom is -0.466 e. The molecule has 0 heterocycles. The summed E-state index contributed by atoms with van der Waals surface area (Å²) >= 11 is 0. The van der Waals surface area contributed by atoms with Crippen LogP contribution in [0.25, 0.3) is 0 Å². The van der Waals surface area contributed by atoms with Crippen LogP contribution >= 0.6 is 0 Å². The summed E-state index contributed by atoms with van der Waals surface area (Å²) in [6, 6.07) is -0.629. The number of aliphatic hydroxyl groups excluding tert-OH is 2. The second-order valence-corrected chi connectivity index (χ2v) is 24.2. The highest BCUT2D eigenvalue weighted by Gasteiger charge is 2.18. The number of carbonyl (C=O) groups is 2. The van der Waals surface area contributed by atoms with Gasteiger partial charge in [-0.25, -0.2) is 0 Å². The summed E-state index contributed by atoms with van der Waals surface area (Å²) in [5.74, 6) is -0.0665. The highest BCUT2D eigenvalue weighted by molar-refractivity contribution is 5.76. The number of hydrogen-bond acceptors (Lipinski definition) is 5. The maximum Gasteiger partial charge on any atom is 0.305 e. The Kier molecular flexibility index (Phi) is 66.9. The largest absolute Gasteiger partial charge is 0.466 e. The van der Waals surface area contributed by atoms with Crippen LogP contribution < -0.4 is 5.32 Å². The van der Waals surface area contributed by atoms with Gasteiger partial charge >= 0.3 is 5.97 Å². The van der Waals surface area contributed by atoms with Gasteiger partial charge in [-0.15, -0.1) is 0 Å². The Morgan fingerprint density at radius 1 is 0.350 bits per heavy atom. The lowest BCUT2D eigenvalue weighted by Crippen LogP contribution is -2.45. The predicted molar refractivity (Wildman–Crippen MR) is 352 cm³/mol.